The summed E-state index contributed by atoms with van der Waals surface area (Å²) in [5.74, 6) is -0.150. The van der Waals surface area contributed by atoms with E-state index < -0.39 is 5.91 Å². The van der Waals surface area contributed by atoms with Crippen LogP contribution < -0.4 is 10.2 Å². The topological polar surface area (TPSA) is 104 Å². The number of pyridine rings is 1. The van der Waals surface area contributed by atoms with Crippen LogP contribution in [0.5, 0.6) is 11.5 Å². The van der Waals surface area contributed by atoms with Crippen LogP contribution in [0.25, 0.3) is 10.8 Å². The van der Waals surface area contributed by atoms with Gasteiger partial charge in [-0.2, -0.15) is 5.10 Å². The molecule has 0 bridgehead atoms. The molecule has 0 aliphatic carbocycles. The maximum atomic E-state index is 13.6. The summed E-state index contributed by atoms with van der Waals surface area (Å²) >= 11 is 5.91. The maximum absolute atomic E-state index is 13.6. The second kappa shape index (κ2) is 14.3. The number of phenolic OH excluding ortho intramolecular Hbond substituents is 1. The van der Waals surface area contributed by atoms with Crippen LogP contribution in [0.3, 0.4) is 0 Å². The highest BCUT2D eigenvalue weighted by molar-refractivity contribution is 6.32. The molecular weight excluding hydrogens is 576 g/mol. The smallest absolute Gasteiger partial charge is 0.271 e. The predicted molar refractivity (Wildman–Crippen MR) is 172 cm³/mol. The number of phenols is 1. The zero-order valence-electron chi connectivity index (χ0n) is 24.1. The fraction of sp³-hybridized carbons (Fsp3) is 0.143. The van der Waals surface area contributed by atoms with Crippen molar-refractivity contribution in [3.05, 3.63) is 137 Å². The van der Waals surface area contributed by atoms with Crippen LogP contribution in [0.15, 0.2) is 114 Å². The molecule has 0 spiro atoms. The van der Waals surface area contributed by atoms with E-state index in [0.717, 1.165) is 27.6 Å². The highest BCUT2D eigenvalue weighted by Crippen LogP contribution is 2.28. The first-order valence-electron chi connectivity index (χ1n) is 14.1. The molecule has 4 aromatic carbocycles. The van der Waals surface area contributed by atoms with E-state index in [1.165, 1.54) is 24.4 Å². The summed E-state index contributed by atoms with van der Waals surface area (Å²) < 4.78 is 6.12. The number of amides is 2. The van der Waals surface area contributed by atoms with Crippen LogP contribution in [0, 0.1) is 0 Å². The number of fused-ring (bicyclic) bond motifs is 1. The Hall–Kier alpha value is -5.21. The molecule has 1 heterocycles. The van der Waals surface area contributed by atoms with Crippen molar-refractivity contribution in [1.29, 1.82) is 0 Å². The maximum Gasteiger partial charge on any atom is 0.271 e. The number of hydrogen-bond donors (Lipinski definition) is 2. The highest BCUT2D eigenvalue weighted by Gasteiger charge is 2.22. The number of aromatic hydroxyl groups is 1. The van der Waals surface area contributed by atoms with E-state index in [1.54, 1.807) is 12.3 Å². The van der Waals surface area contributed by atoms with E-state index in [9.17, 15) is 14.7 Å². The summed E-state index contributed by atoms with van der Waals surface area (Å²) in [6, 6.07) is 31.0. The van der Waals surface area contributed by atoms with Gasteiger partial charge in [-0.25, -0.2) is 5.43 Å². The largest absolute Gasteiger partial charge is 0.506 e. The number of halogens is 1. The fourth-order valence-corrected chi connectivity index (χ4v) is 5.01. The Morgan fingerprint density at radius 2 is 1.73 bits per heavy atom. The Balaban J connectivity index is 1.30. The lowest BCUT2D eigenvalue weighted by atomic mass is 10.0. The van der Waals surface area contributed by atoms with Crippen LogP contribution in [-0.2, 0) is 17.8 Å². The number of nitrogens with zero attached hydrogens (tertiary/aromatic N) is 3. The number of hydrogen-bond acceptors (Lipinski definition) is 6. The van der Waals surface area contributed by atoms with Crippen molar-refractivity contribution in [2.45, 2.75) is 25.9 Å². The number of benzene rings is 4. The van der Waals surface area contributed by atoms with Gasteiger partial charge in [0.25, 0.3) is 11.8 Å². The zero-order chi connectivity index (χ0) is 30.9. The van der Waals surface area contributed by atoms with E-state index in [-0.39, 0.29) is 34.9 Å². The molecule has 1 aromatic heterocycles. The number of nitrogens with one attached hydrogen (secondary N) is 1. The van der Waals surface area contributed by atoms with Crippen molar-refractivity contribution in [1.82, 2.24) is 15.3 Å². The molecule has 44 heavy (non-hydrogen) atoms. The lowest BCUT2D eigenvalue weighted by Crippen LogP contribution is -2.42. The molecule has 0 saturated heterocycles. The number of carbonyl (C=O) groups is 2. The van der Waals surface area contributed by atoms with Crippen molar-refractivity contribution >= 4 is 40.4 Å². The van der Waals surface area contributed by atoms with Crippen molar-refractivity contribution in [2.75, 3.05) is 6.61 Å². The molecule has 1 unspecified atom stereocenters. The highest BCUT2D eigenvalue weighted by atomic mass is 35.5. The molecule has 9 heteroatoms. The standard InChI is InChI=1S/C35H31ClN4O4/c1-24(19-28-11-7-8-18-37-28)40(22-25-9-3-2-4-10-25)34(42)23-44-33-17-15-27(29-12-5-6-13-30(29)33)21-38-39-35(43)26-14-16-32(41)31(36)20-26/h2-18,20-21,24,41H,19,22-23H2,1H3,(H,39,43)/b38-21+. The van der Waals surface area contributed by atoms with Crippen molar-refractivity contribution in [2.24, 2.45) is 5.10 Å². The number of rotatable bonds is 11. The zero-order valence-corrected chi connectivity index (χ0v) is 24.8. The quantitative estimate of drug-likeness (QED) is 0.134. The lowest BCUT2D eigenvalue weighted by molar-refractivity contribution is -0.136. The van der Waals surface area contributed by atoms with Crippen LogP contribution in [0.4, 0.5) is 0 Å². The van der Waals surface area contributed by atoms with Crippen LogP contribution >= 0.6 is 11.6 Å². The third-order valence-corrected chi connectivity index (χ3v) is 7.43. The molecule has 222 valence electrons. The van der Waals surface area contributed by atoms with Crippen LogP contribution in [-0.4, -0.2) is 45.7 Å². The molecule has 0 aliphatic rings. The third-order valence-electron chi connectivity index (χ3n) is 7.13. The van der Waals surface area contributed by atoms with E-state index in [0.29, 0.717) is 18.7 Å². The first kappa shape index (κ1) is 30.3. The van der Waals surface area contributed by atoms with Gasteiger partial charge in [0.05, 0.1) is 11.2 Å². The van der Waals surface area contributed by atoms with E-state index in [4.69, 9.17) is 16.3 Å². The minimum absolute atomic E-state index is 0.0764. The summed E-state index contributed by atoms with van der Waals surface area (Å²) in [7, 11) is 0. The molecular formula is C35H31ClN4O4. The molecule has 2 amide bonds. The Kier molecular flexibility index (Phi) is 9.84. The first-order valence-corrected chi connectivity index (χ1v) is 14.5. The number of carbonyl (C=O) groups excluding carboxylic acids is 2. The van der Waals surface area contributed by atoms with Crippen LogP contribution in [0.1, 0.15) is 34.1 Å². The van der Waals surface area contributed by atoms with Gasteiger partial charge in [0.15, 0.2) is 6.61 Å². The Morgan fingerprint density at radius 3 is 2.48 bits per heavy atom. The second-order valence-corrected chi connectivity index (χ2v) is 10.6. The predicted octanol–water partition coefficient (Wildman–Crippen LogP) is 6.40. The summed E-state index contributed by atoms with van der Waals surface area (Å²) in [6.07, 6.45) is 3.92. The fourth-order valence-electron chi connectivity index (χ4n) is 4.83. The Labute approximate surface area is 260 Å². The lowest BCUT2D eigenvalue weighted by Gasteiger charge is -2.29. The van der Waals surface area contributed by atoms with Gasteiger partial charge in [-0.15, -0.1) is 0 Å². The molecule has 8 nitrogen and oxygen atoms in total. The first-order chi connectivity index (χ1) is 21.4. The van der Waals surface area contributed by atoms with Crippen molar-refractivity contribution < 1.29 is 19.4 Å². The van der Waals surface area contributed by atoms with Gasteiger partial charge in [0, 0.05) is 47.4 Å². The molecule has 0 fully saturated rings. The molecule has 0 saturated carbocycles. The number of ether oxygens (including phenoxy) is 1. The third kappa shape index (κ3) is 7.59. The van der Waals surface area contributed by atoms with E-state index in [2.05, 4.69) is 15.5 Å². The molecule has 1 atom stereocenters. The normalized spacial score (nSPS) is 11.8. The van der Waals surface area contributed by atoms with Gasteiger partial charge < -0.3 is 14.7 Å². The molecule has 2 N–H and O–H groups in total. The Morgan fingerprint density at radius 1 is 0.977 bits per heavy atom. The summed E-state index contributed by atoms with van der Waals surface area (Å²) in [6.45, 7) is 2.34. The summed E-state index contributed by atoms with van der Waals surface area (Å²) in [5.41, 5.74) is 5.43. The SMILES string of the molecule is CC(Cc1ccccn1)N(Cc1ccccc1)C(=O)COc1ccc(/C=N/NC(=O)c2ccc(O)c(Cl)c2)c2ccccc12. The van der Waals surface area contributed by atoms with E-state index in [1.807, 2.05) is 90.7 Å². The minimum atomic E-state index is -0.469. The van der Waals surface area contributed by atoms with Gasteiger partial charge in [-0.1, -0.05) is 72.3 Å². The van der Waals surface area contributed by atoms with Crippen molar-refractivity contribution in [3.63, 3.8) is 0 Å². The average Bonchev–Trinajstić information content (AvgIpc) is 3.05. The molecule has 0 aliphatic heterocycles. The average molecular weight is 607 g/mol. The van der Waals surface area contributed by atoms with E-state index >= 15 is 0 Å². The van der Waals surface area contributed by atoms with Gasteiger partial charge >= 0.3 is 0 Å². The van der Waals surface area contributed by atoms with Crippen LogP contribution in [0.2, 0.25) is 5.02 Å². The Bertz CT molecular complexity index is 1780. The van der Waals surface area contributed by atoms with Gasteiger partial charge in [0.1, 0.15) is 11.5 Å². The molecule has 0 radical (unpaired) electrons. The molecule has 5 rings (SSSR count). The minimum Gasteiger partial charge on any atom is -0.506 e. The molecule has 5 aromatic rings. The second-order valence-electron chi connectivity index (χ2n) is 10.2. The van der Waals surface area contributed by atoms with Gasteiger partial charge in [0.2, 0.25) is 0 Å². The summed E-state index contributed by atoms with van der Waals surface area (Å²) in [5, 5.41) is 15.4. The number of hydrazone groups is 1. The monoisotopic (exact) mass is 606 g/mol. The van der Waals surface area contributed by atoms with Crippen molar-refractivity contribution in [3.8, 4) is 11.5 Å². The van der Waals surface area contributed by atoms with Gasteiger partial charge in [-0.3, -0.25) is 14.6 Å². The van der Waals surface area contributed by atoms with Gasteiger partial charge in [-0.05, 0) is 60.3 Å². The number of aromatic nitrogens is 1. The summed E-state index contributed by atoms with van der Waals surface area (Å²) in [4.78, 5) is 32.3.